The standard InChI is InChI=1S/C10H13IN4O5S/c1-11-5(17)3(2-16)20-8(11)15-6-4(21-10(15)19)7(18)14-9(12)13-6/h3,5,8,16-17H,2H2,1H3,(H3,12,13,14,18)/t3-,5-,8-/m1/s1. The molecule has 0 aromatic carbocycles. The predicted molar refractivity (Wildman–Crippen MR) is 85.9 cm³/mol. The number of ether oxygens (including phenoxy) is 1. The van der Waals surface area contributed by atoms with E-state index in [0.29, 0.717) is 0 Å². The molecule has 11 heteroatoms. The molecule has 0 spiro atoms. The van der Waals surface area contributed by atoms with Crippen LogP contribution in [0.1, 0.15) is 4.23 Å². The van der Waals surface area contributed by atoms with Crippen LogP contribution in [-0.2, 0) is 4.74 Å². The zero-order chi connectivity index (χ0) is 15.3. The van der Waals surface area contributed by atoms with Crippen molar-refractivity contribution in [1.82, 2.24) is 14.5 Å². The van der Waals surface area contributed by atoms with Crippen molar-refractivity contribution in [3.63, 3.8) is 0 Å². The summed E-state index contributed by atoms with van der Waals surface area (Å²) in [5, 5.41) is 19.3. The molecule has 2 aromatic rings. The molecule has 1 aliphatic heterocycles. The zero-order valence-electron chi connectivity index (χ0n) is 10.8. The minimum atomic E-state index is -2.14. The summed E-state index contributed by atoms with van der Waals surface area (Å²) in [5.74, 6) is -0.0900. The maximum absolute atomic E-state index is 12.2. The van der Waals surface area contributed by atoms with E-state index < -0.39 is 44.7 Å². The van der Waals surface area contributed by atoms with Crippen molar-refractivity contribution in [1.29, 1.82) is 0 Å². The number of hydrogen-bond donors (Lipinski definition) is 4. The number of thiazole rings is 1. The number of rotatable bonds is 2. The van der Waals surface area contributed by atoms with Crippen LogP contribution in [0.3, 0.4) is 0 Å². The van der Waals surface area contributed by atoms with Gasteiger partial charge in [-0.05, 0) is 0 Å². The average molecular weight is 428 g/mol. The Hall–Kier alpha value is -1.02. The summed E-state index contributed by atoms with van der Waals surface area (Å²) in [6.45, 7) is -0.327. The maximum atomic E-state index is 12.2. The molecule has 1 fully saturated rings. The Labute approximate surface area is 128 Å². The monoisotopic (exact) mass is 428 g/mol. The molecule has 3 rings (SSSR count). The Kier molecular flexibility index (Phi) is 3.77. The Morgan fingerprint density at radius 3 is 2.90 bits per heavy atom. The Morgan fingerprint density at radius 2 is 2.29 bits per heavy atom. The first kappa shape index (κ1) is 14.9. The number of anilines is 1. The molecule has 0 saturated carbocycles. The number of hydrogen-bond acceptors (Lipinski definition) is 8. The van der Waals surface area contributed by atoms with Gasteiger partial charge in [-0.3, -0.25) is 0 Å². The quantitative estimate of drug-likeness (QED) is 0.356. The molecule has 9 nitrogen and oxygen atoms in total. The molecule has 21 heavy (non-hydrogen) atoms. The third-order valence-corrected chi connectivity index (χ3v) is 9.41. The number of halogens is 1. The molecule has 2 aromatic heterocycles. The van der Waals surface area contributed by atoms with Crippen molar-refractivity contribution in [2.24, 2.45) is 0 Å². The van der Waals surface area contributed by atoms with E-state index in [0.717, 1.165) is 11.3 Å². The van der Waals surface area contributed by atoms with E-state index in [1.807, 2.05) is 4.93 Å². The first-order chi connectivity index (χ1) is 9.93. The summed E-state index contributed by atoms with van der Waals surface area (Å²) >= 11 is -1.38. The van der Waals surface area contributed by atoms with Gasteiger partial charge < -0.3 is 0 Å². The fraction of sp³-hybridized carbons (Fsp3) is 0.500. The fourth-order valence-electron chi connectivity index (χ4n) is 2.09. The van der Waals surface area contributed by atoms with Gasteiger partial charge in [0.25, 0.3) is 0 Å². The predicted octanol–water partition coefficient (Wildman–Crippen LogP) is -0.970. The summed E-state index contributed by atoms with van der Waals surface area (Å²) in [6, 6.07) is 0. The molecule has 1 aliphatic rings. The van der Waals surface area contributed by atoms with Gasteiger partial charge in [0.2, 0.25) is 0 Å². The fourth-order valence-corrected chi connectivity index (χ4v) is 7.64. The number of aliphatic hydroxyl groups is 2. The van der Waals surface area contributed by atoms with E-state index in [4.69, 9.17) is 10.5 Å². The molecule has 0 radical (unpaired) electrons. The minimum absolute atomic E-state index is 0.0900. The second-order valence-electron chi connectivity index (χ2n) is 4.43. The summed E-state index contributed by atoms with van der Waals surface area (Å²) in [6.07, 6.45) is -0.716. The van der Waals surface area contributed by atoms with Crippen LogP contribution >= 0.6 is 31.2 Å². The van der Waals surface area contributed by atoms with Gasteiger partial charge in [-0.1, -0.05) is 0 Å². The van der Waals surface area contributed by atoms with Crippen LogP contribution in [-0.4, -0.2) is 46.5 Å². The van der Waals surface area contributed by atoms with Gasteiger partial charge in [0.05, 0.1) is 0 Å². The molecule has 0 amide bonds. The van der Waals surface area contributed by atoms with E-state index in [2.05, 4.69) is 9.97 Å². The molecular weight excluding hydrogens is 415 g/mol. The first-order valence-corrected chi connectivity index (χ1v) is 11.3. The molecule has 0 aliphatic carbocycles. The van der Waals surface area contributed by atoms with Crippen molar-refractivity contribution in [2.75, 3.05) is 17.3 Å². The number of aromatic nitrogens is 3. The van der Waals surface area contributed by atoms with Gasteiger partial charge >= 0.3 is 129 Å². The van der Waals surface area contributed by atoms with Gasteiger partial charge in [-0.25, -0.2) is 0 Å². The SMILES string of the molecule is CI1[C@H](O)[C@@H](CO)O[C@H]1n1c(=O)sc2c(=O)[nH]c(N)nc21. The van der Waals surface area contributed by atoms with Gasteiger partial charge in [-0.15, -0.1) is 0 Å². The number of nitrogen functional groups attached to an aromatic ring is 1. The molecular formula is C10H13IN4O5S. The van der Waals surface area contributed by atoms with Crippen LogP contribution in [0.2, 0.25) is 0 Å². The number of aliphatic hydroxyl groups excluding tert-OH is 2. The van der Waals surface area contributed by atoms with E-state index in [9.17, 15) is 19.8 Å². The summed E-state index contributed by atoms with van der Waals surface area (Å²) < 4.78 is 5.62. The first-order valence-electron chi connectivity index (χ1n) is 5.86. The van der Waals surface area contributed by atoms with Gasteiger partial charge in [0.1, 0.15) is 0 Å². The zero-order valence-corrected chi connectivity index (χ0v) is 13.8. The normalized spacial score (nSPS) is 27.6. The van der Waals surface area contributed by atoms with Crippen molar-refractivity contribution >= 4 is 47.5 Å². The second kappa shape index (κ2) is 5.31. The summed E-state index contributed by atoms with van der Waals surface area (Å²) in [7, 11) is 0. The van der Waals surface area contributed by atoms with Crippen LogP contribution < -0.4 is 16.2 Å². The van der Waals surface area contributed by atoms with Gasteiger partial charge in [-0.2, -0.15) is 0 Å². The van der Waals surface area contributed by atoms with E-state index in [1.54, 1.807) is 0 Å². The van der Waals surface area contributed by atoms with Gasteiger partial charge in [0.15, 0.2) is 0 Å². The van der Waals surface area contributed by atoms with Crippen LogP contribution in [0.5, 0.6) is 0 Å². The van der Waals surface area contributed by atoms with Crippen LogP contribution in [0.25, 0.3) is 10.3 Å². The third-order valence-electron chi connectivity index (χ3n) is 3.12. The Balaban J connectivity index is 2.20. The number of fused-ring (bicyclic) bond motifs is 1. The van der Waals surface area contributed by atoms with E-state index in [1.165, 1.54) is 4.57 Å². The molecule has 5 N–H and O–H groups in total. The molecule has 3 heterocycles. The number of nitrogens with two attached hydrogens (primary N) is 1. The Bertz CT molecular complexity index is 801. The molecule has 0 unspecified atom stereocenters. The molecule has 0 bridgehead atoms. The van der Waals surface area contributed by atoms with Crippen LogP contribution in [0, 0.1) is 0 Å². The summed E-state index contributed by atoms with van der Waals surface area (Å²) in [4.78, 5) is 31.8. The van der Waals surface area contributed by atoms with Crippen molar-refractivity contribution in [3.8, 4) is 0 Å². The van der Waals surface area contributed by atoms with Crippen molar-refractivity contribution < 1.29 is 14.9 Å². The average Bonchev–Trinajstić information content (AvgIpc) is 2.89. The third kappa shape index (κ3) is 2.28. The van der Waals surface area contributed by atoms with Crippen molar-refractivity contribution in [3.05, 3.63) is 20.0 Å². The van der Waals surface area contributed by atoms with Gasteiger partial charge in [0, 0.05) is 0 Å². The number of alkyl halides is 3. The van der Waals surface area contributed by atoms with Crippen LogP contribution in [0.15, 0.2) is 9.59 Å². The molecule has 116 valence electrons. The topological polar surface area (TPSA) is 143 Å². The van der Waals surface area contributed by atoms with E-state index >= 15 is 0 Å². The number of nitrogens with zero attached hydrogens (tertiary/aromatic N) is 2. The summed E-state index contributed by atoms with van der Waals surface area (Å²) in [5.41, 5.74) is 5.20. The number of H-pyrrole nitrogens is 1. The molecule has 1 saturated heterocycles. The number of aromatic amines is 1. The van der Waals surface area contributed by atoms with Crippen LogP contribution in [0.4, 0.5) is 5.95 Å². The molecule has 3 atom stereocenters. The number of nitrogens with one attached hydrogen (secondary N) is 1. The Morgan fingerprint density at radius 1 is 1.57 bits per heavy atom. The van der Waals surface area contributed by atoms with Crippen molar-refractivity contribution in [2.45, 2.75) is 14.4 Å². The second-order valence-corrected chi connectivity index (χ2v) is 10.9. The van der Waals surface area contributed by atoms with E-state index in [-0.39, 0.29) is 22.9 Å².